The van der Waals surface area contributed by atoms with E-state index >= 15 is 0 Å². The summed E-state index contributed by atoms with van der Waals surface area (Å²) in [6.07, 6.45) is 1.30. The number of aromatic nitrogens is 2. The van der Waals surface area contributed by atoms with Crippen molar-refractivity contribution >= 4 is 11.6 Å². The zero-order valence-electron chi connectivity index (χ0n) is 10.7. The van der Waals surface area contributed by atoms with Crippen molar-refractivity contribution in [3.05, 3.63) is 11.9 Å². The van der Waals surface area contributed by atoms with E-state index in [2.05, 4.69) is 27.1 Å². The lowest BCUT2D eigenvalue weighted by Gasteiger charge is -2.23. The third-order valence-corrected chi connectivity index (χ3v) is 2.86. The minimum Gasteiger partial charge on any atom is -0.377 e. The molecule has 0 saturated carbocycles. The molecule has 0 aliphatic carbocycles. The molecule has 2 heterocycles. The van der Waals surface area contributed by atoms with Gasteiger partial charge in [0.25, 0.3) is 0 Å². The maximum absolute atomic E-state index is 5.64. The van der Waals surface area contributed by atoms with Crippen LogP contribution in [0.3, 0.4) is 0 Å². The maximum Gasteiger partial charge on any atom is 0.134 e. The van der Waals surface area contributed by atoms with Crippen LogP contribution >= 0.6 is 0 Å². The Kier molecular flexibility index (Phi) is 3.78. The monoisotopic (exact) mass is 236 g/mol. The van der Waals surface area contributed by atoms with Crippen LogP contribution in [0, 0.1) is 6.92 Å². The van der Waals surface area contributed by atoms with Crippen LogP contribution in [-0.2, 0) is 4.74 Å². The van der Waals surface area contributed by atoms with Crippen molar-refractivity contribution in [2.45, 2.75) is 26.4 Å². The van der Waals surface area contributed by atoms with Gasteiger partial charge in [-0.15, -0.1) is 0 Å². The highest BCUT2D eigenvalue weighted by Crippen LogP contribution is 2.18. The quantitative estimate of drug-likeness (QED) is 0.842. The lowest BCUT2D eigenvalue weighted by atomic mass is 10.3. The Morgan fingerprint density at radius 2 is 2.29 bits per heavy atom. The molecule has 1 aromatic heterocycles. The predicted molar refractivity (Wildman–Crippen MR) is 68.6 cm³/mol. The normalized spacial score (nSPS) is 21.1. The summed E-state index contributed by atoms with van der Waals surface area (Å²) in [5, 5.41) is 3.07. The number of aryl methyl sites for hydroxylation is 1. The lowest BCUT2D eigenvalue weighted by molar-refractivity contribution is 0.0820. The Bertz CT molecular complexity index is 383. The van der Waals surface area contributed by atoms with Gasteiger partial charge in [0, 0.05) is 32.8 Å². The van der Waals surface area contributed by atoms with Gasteiger partial charge < -0.3 is 15.0 Å². The van der Waals surface area contributed by atoms with Crippen molar-refractivity contribution in [3.63, 3.8) is 0 Å². The molecule has 1 aromatic rings. The van der Waals surface area contributed by atoms with Gasteiger partial charge in [0.1, 0.15) is 17.5 Å². The molecular formula is C12H20N4O. The fourth-order valence-corrected chi connectivity index (χ4v) is 2.04. The van der Waals surface area contributed by atoms with Gasteiger partial charge in [0.05, 0.1) is 6.10 Å². The molecule has 1 fully saturated rings. The van der Waals surface area contributed by atoms with Crippen LogP contribution < -0.4 is 10.2 Å². The van der Waals surface area contributed by atoms with E-state index in [0.29, 0.717) is 0 Å². The Hall–Kier alpha value is -1.36. The van der Waals surface area contributed by atoms with Gasteiger partial charge in [-0.25, -0.2) is 9.97 Å². The molecule has 0 aromatic carbocycles. The second kappa shape index (κ2) is 5.31. The molecular weight excluding hydrogens is 216 g/mol. The minimum atomic E-state index is 0.255. The van der Waals surface area contributed by atoms with Crippen LogP contribution in [0.25, 0.3) is 0 Å². The van der Waals surface area contributed by atoms with Crippen molar-refractivity contribution < 1.29 is 4.74 Å². The zero-order chi connectivity index (χ0) is 12.3. The van der Waals surface area contributed by atoms with Crippen LogP contribution in [0.1, 0.15) is 19.2 Å². The van der Waals surface area contributed by atoms with Crippen molar-refractivity contribution in [3.8, 4) is 0 Å². The molecule has 0 bridgehead atoms. The molecule has 17 heavy (non-hydrogen) atoms. The first-order valence-electron chi connectivity index (χ1n) is 6.09. The van der Waals surface area contributed by atoms with Gasteiger partial charge in [-0.1, -0.05) is 0 Å². The number of hydrogen-bond acceptors (Lipinski definition) is 5. The molecule has 0 radical (unpaired) electrons. The molecule has 94 valence electrons. The minimum absolute atomic E-state index is 0.255. The summed E-state index contributed by atoms with van der Waals surface area (Å²) in [5.74, 6) is 2.65. The highest BCUT2D eigenvalue weighted by molar-refractivity contribution is 5.49. The fourth-order valence-electron chi connectivity index (χ4n) is 2.04. The smallest absolute Gasteiger partial charge is 0.134 e. The van der Waals surface area contributed by atoms with Crippen LogP contribution in [0.5, 0.6) is 0 Å². The van der Waals surface area contributed by atoms with Crippen LogP contribution in [0.15, 0.2) is 6.07 Å². The summed E-state index contributed by atoms with van der Waals surface area (Å²) in [6.45, 7) is 6.73. The number of anilines is 2. The van der Waals surface area contributed by atoms with Crippen LogP contribution in [-0.4, -0.2) is 42.8 Å². The standard InChI is InChI=1S/C12H20N4O/c1-9-8-16(5-4-6-17-9)12-7-11(13-3)14-10(2)15-12/h7,9H,4-6,8H2,1-3H3,(H,13,14,15). The molecule has 1 aliphatic rings. The van der Waals surface area contributed by atoms with Crippen molar-refractivity contribution in [2.75, 3.05) is 37.0 Å². The van der Waals surface area contributed by atoms with Gasteiger partial charge in [-0.2, -0.15) is 0 Å². The van der Waals surface area contributed by atoms with Crippen molar-refractivity contribution in [1.29, 1.82) is 0 Å². The van der Waals surface area contributed by atoms with E-state index in [1.165, 1.54) is 0 Å². The van der Waals surface area contributed by atoms with E-state index < -0.39 is 0 Å². The topological polar surface area (TPSA) is 50.3 Å². The van der Waals surface area contributed by atoms with Crippen LogP contribution in [0.2, 0.25) is 0 Å². The number of nitrogens with zero attached hydrogens (tertiary/aromatic N) is 3. The zero-order valence-corrected chi connectivity index (χ0v) is 10.7. The van der Waals surface area contributed by atoms with E-state index in [9.17, 15) is 0 Å². The molecule has 1 aliphatic heterocycles. The first-order valence-corrected chi connectivity index (χ1v) is 6.09. The largest absolute Gasteiger partial charge is 0.377 e. The maximum atomic E-state index is 5.64. The van der Waals surface area contributed by atoms with Crippen LogP contribution in [0.4, 0.5) is 11.6 Å². The Morgan fingerprint density at radius 3 is 3.06 bits per heavy atom. The third kappa shape index (κ3) is 3.06. The van der Waals surface area contributed by atoms with E-state index in [1.54, 1.807) is 0 Å². The third-order valence-electron chi connectivity index (χ3n) is 2.86. The van der Waals surface area contributed by atoms with E-state index in [1.807, 2.05) is 20.0 Å². The molecule has 1 atom stereocenters. The summed E-state index contributed by atoms with van der Waals surface area (Å²) in [5.41, 5.74) is 0. The molecule has 2 rings (SSSR count). The number of ether oxygens (including phenoxy) is 1. The molecule has 1 unspecified atom stereocenters. The van der Waals surface area contributed by atoms with E-state index in [4.69, 9.17) is 4.74 Å². The molecule has 0 amide bonds. The molecule has 5 heteroatoms. The average molecular weight is 236 g/mol. The summed E-state index contributed by atoms with van der Waals surface area (Å²) < 4.78 is 5.64. The van der Waals surface area contributed by atoms with E-state index in [-0.39, 0.29) is 6.10 Å². The fraction of sp³-hybridized carbons (Fsp3) is 0.667. The van der Waals surface area contributed by atoms with Crippen molar-refractivity contribution in [1.82, 2.24) is 9.97 Å². The van der Waals surface area contributed by atoms with Gasteiger partial charge in [-0.3, -0.25) is 0 Å². The van der Waals surface area contributed by atoms with Gasteiger partial charge in [0.2, 0.25) is 0 Å². The van der Waals surface area contributed by atoms with Crippen molar-refractivity contribution in [2.24, 2.45) is 0 Å². The summed E-state index contributed by atoms with van der Waals surface area (Å²) in [4.78, 5) is 11.1. The summed E-state index contributed by atoms with van der Waals surface area (Å²) >= 11 is 0. The molecule has 0 spiro atoms. The van der Waals surface area contributed by atoms with E-state index in [0.717, 1.165) is 43.6 Å². The first kappa shape index (κ1) is 12.1. The number of hydrogen-bond donors (Lipinski definition) is 1. The second-order valence-electron chi connectivity index (χ2n) is 4.39. The van der Waals surface area contributed by atoms with Gasteiger partial charge >= 0.3 is 0 Å². The SMILES string of the molecule is CNc1cc(N2CCCOC(C)C2)nc(C)n1. The predicted octanol–water partition coefficient (Wildman–Crippen LogP) is 1.44. The second-order valence-corrected chi connectivity index (χ2v) is 4.39. The molecule has 1 saturated heterocycles. The highest BCUT2D eigenvalue weighted by atomic mass is 16.5. The molecule has 5 nitrogen and oxygen atoms in total. The Morgan fingerprint density at radius 1 is 1.47 bits per heavy atom. The first-order chi connectivity index (χ1) is 8.19. The number of rotatable bonds is 2. The average Bonchev–Trinajstić information content (AvgIpc) is 2.53. The van der Waals surface area contributed by atoms with Gasteiger partial charge in [0.15, 0.2) is 0 Å². The molecule has 1 N–H and O–H groups in total. The highest BCUT2D eigenvalue weighted by Gasteiger charge is 2.17. The number of nitrogens with one attached hydrogen (secondary N) is 1. The summed E-state index contributed by atoms with van der Waals surface area (Å²) in [7, 11) is 1.87. The lowest BCUT2D eigenvalue weighted by Crippen LogP contribution is -2.31. The Balaban J connectivity index is 2.22. The van der Waals surface area contributed by atoms with Gasteiger partial charge in [-0.05, 0) is 20.3 Å². The summed E-state index contributed by atoms with van der Waals surface area (Å²) in [6, 6.07) is 1.99. The Labute approximate surface area is 102 Å².